The zero-order chi connectivity index (χ0) is 15.2. The summed E-state index contributed by atoms with van der Waals surface area (Å²) in [5, 5.41) is 0. The van der Waals surface area contributed by atoms with Crippen LogP contribution in [-0.2, 0) is 4.79 Å². The van der Waals surface area contributed by atoms with Gasteiger partial charge in [0.05, 0.1) is 12.8 Å². The molecular formula is C17H26N2O2. The largest absolute Gasteiger partial charge is 0.495 e. The summed E-state index contributed by atoms with van der Waals surface area (Å²) >= 11 is 0. The highest BCUT2D eigenvalue weighted by Crippen LogP contribution is 2.28. The number of carbonyl (C=O) groups is 1. The van der Waals surface area contributed by atoms with E-state index in [1.807, 2.05) is 30.0 Å². The molecule has 0 aromatic heterocycles. The molecule has 1 atom stereocenters. The Labute approximate surface area is 127 Å². The van der Waals surface area contributed by atoms with Crippen LogP contribution in [0.15, 0.2) is 24.3 Å². The Balaban J connectivity index is 1.95. The van der Waals surface area contributed by atoms with Crippen LogP contribution < -0.4 is 9.64 Å². The number of benzene rings is 1. The van der Waals surface area contributed by atoms with Crippen molar-refractivity contribution in [2.24, 2.45) is 5.92 Å². The predicted molar refractivity (Wildman–Crippen MR) is 85.9 cm³/mol. The van der Waals surface area contributed by atoms with Crippen LogP contribution in [0, 0.1) is 5.92 Å². The van der Waals surface area contributed by atoms with Crippen molar-refractivity contribution in [1.82, 2.24) is 4.90 Å². The van der Waals surface area contributed by atoms with Crippen molar-refractivity contribution in [3.8, 4) is 5.75 Å². The van der Waals surface area contributed by atoms with Gasteiger partial charge in [-0.3, -0.25) is 4.79 Å². The molecule has 1 heterocycles. The highest BCUT2D eigenvalue weighted by Gasteiger charge is 2.25. The Morgan fingerprint density at radius 1 is 1.24 bits per heavy atom. The Morgan fingerprint density at radius 2 is 1.90 bits per heavy atom. The summed E-state index contributed by atoms with van der Waals surface area (Å²) in [6.45, 7) is 7.49. The zero-order valence-electron chi connectivity index (χ0n) is 13.3. The second kappa shape index (κ2) is 7.34. The molecule has 1 aromatic rings. The summed E-state index contributed by atoms with van der Waals surface area (Å²) in [6, 6.07) is 8.07. The maximum Gasteiger partial charge on any atom is 0.225 e. The van der Waals surface area contributed by atoms with Gasteiger partial charge in [0.1, 0.15) is 5.75 Å². The van der Waals surface area contributed by atoms with Gasteiger partial charge in [-0.1, -0.05) is 32.4 Å². The number of hydrogen-bond acceptors (Lipinski definition) is 3. The molecule has 2 rings (SSSR count). The number of hydrogen-bond donors (Lipinski definition) is 0. The number of nitrogens with zero attached hydrogens (tertiary/aromatic N) is 2. The monoisotopic (exact) mass is 290 g/mol. The Kier molecular flexibility index (Phi) is 5.48. The van der Waals surface area contributed by atoms with Crippen LogP contribution in [0.3, 0.4) is 0 Å². The average molecular weight is 290 g/mol. The van der Waals surface area contributed by atoms with Crippen molar-refractivity contribution in [3.63, 3.8) is 0 Å². The summed E-state index contributed by atoms with van der Waals surface area (Å²) < 4.78 is 5.42. The van der Waals surface area contributed by atoms with E-state index in [0.717, 1.165) is 50.5 Å². The van der Waals surface area contributed by atoms with Crippen LogP contribution in [0.2, 0.25) is 0 Å². The van der Waals surface area contributed by atoms with Crippen LogP contribution in [0.25, 0.3) is 0 Å². The zero-order valence-corrected chi connectivity index (χ0v) is 13.3. The van der Waals surface area contributed by atoms with E-state index in [0.29, 0.717) is 5.91 Å². The van der Waals surface area contributed by atoms with E-state index in [9.17, 15) is 4.79 Å². The Morgan fingerprint density at radius 3 is 2.52 bits per heavy atom. The van der Waals surface area contributed by atoms with Gasteiger partial charge >= 0.3 is 0 Å². The maximum atomic E-state index is 12.3. The highest BCUT2D eigenvalue weighted by atomic mass is 16.5. The van der Waals surface area contributed by atoms with E-state index >= 15 is 0 Å². The topological polar surface area (TPSA) is 32.8 Å². The van der Waals surface area contributed by atoms with Crippen molar-refractivity contribution in [2.75, 3.05) is 38.2 Å². The number of anilines is 1. The van der Waals surface area contributed by atoms with E-state index in [1.54, 1.807) is 7.11 Å². The number of piperazine rings is 1. The Bertz CT molecular complexity index is 468. The fourth-order valence-corrected chi connectivity index (χ4v) is 2.93. The van der Waals surface area contributed by atoms with E-state index in [2.05, 4.69) is 17.9 Å². The Hall–Kier alpha value is -1.71. The van der Waals surface area contributed by atoms with E-state index in [4.69, 9.17) is 4.74 Å². The van der Waals surface area contributed by atoms with Gasteiger partial charge in [0.15, 0.2) is 0 Å². The molecule has 1 fully saturated rings. The van der Waals surface area contributed by atoms with Gasteiger partial charge in [-0.15, -0.1) is 0 Å². The number of para-hydroxylation sites is 2. The molecule has 0 aliphatic carbocycles. The molecule has 21 heavy (non-hydrogen) atoms. The van der Waals surface area contributed by atoms with Crippen molar-refractivity contribution in [1.29, 1.82) is 0 Å². The first-order valence-corrected chi connectivity index (χ1v) is 7.84. The number of ether oxygens (including phenoxy) is 1. The third kappa shape index (κ3) is 3.69. The molecule has 4 nitrogen and oxygen atoms in total. The van der Waals surface area contributed by atoms with Gasteiger partial charge in [0.2, 0.25) is 5.91 Å². The first kappa shape index (κ1) is 15.7. The lowest BCUT2D eigenvalue weighted by Gasteiger charge is -2.37. The predicted octanol–water partition coefficient (Wildman–Crippen LogP) is 2.78. The second-order valence-electron chi connectivity index (χ2n) is 5.67. The van der Waals surface area contributed by atoms with Crippen LogP contribution >= 0.6 is 0 Å². The minimum Gasteiger partial charge on any atom is -0.495 e. The lowest BCUT2D eigenvalue weighted by molar-refractivity contribution is -0.135. The molecule has 1 unspecified atom stereocenters. The highest BCUT2D eigenvalue weighted by molar-refractivity contribution is 5.78. The fourth-order valence-electron chi connectivity index (χ4n) is 2.93. The first-order chi connectivity index (χ1) is 10.2. The summed E-state index contributed by atoms with van der Waals surface area (Å²) in [7, 11) is 1.70. The molecule has 0 bridgehead atoms. The minimum absolute atomic E-state index is 0.146. The number of amides is 1. The van der Waals surface area contributed by atoms with Gasteiger partial charge in [-0.25, -0.2) is 0 Å². The van der Waals surface area contributed by atoms with Crippen LogP contribution in [-0.4, -0.2) is 44.1 Å². The van der Waals surface area contributed by atoms with Crippen LogP contribution in [0.4, 0.5) is 5.69 Å². The number of methoxy groups -OCH3 is 1. The number of carbonyl (C=O) groups excluding carboxylic acids is 1. The third-order valence-corrected chi connectivity index (χ3v) is 4.16. The standard InChI is InChI=1S/C17H26N2O2/c1-4-7-14(2)17(20)19-12-10-18(11-13-19)15-8-5-6-9-16(15)21-3/h5-6,8-9,14H,4,7,10-13H2,1-3H3. The normalized spacial score (nSPS) is 16.7. The smallest absolute Gasteiger partial charge is 0.225 e. The quantitative estimate of drug-likeness (QED) is 0.836. The van der Waals surface area contributed by atoms with Gasteiger partial charge in [0.25, 0.3) is 0 Å². The first-order valence-electron chi connectivity index (χ1n) is 7.84. The van der Waals surface area contributed by atoms with Gasteiger partial charge in [0, 0.05) is 32.1 Å². The lowest BCUT2D eigenvalue weighted by Crippen LogP contribution is -2.50. The van der Waals surface area contributed by atoms with Crippen LogP contribution in [0.1, 0.15) is 26.7 Å². The van der Waals surface area contributed by atoms with E-state index in [-0.39, 0.29) is 5.92 Å². The van der Waals surface area contributed by atoms with Crippen molar-refractivity contribution < 1.29 is 9.53 Å². The van der Waals surface area contributed by atoms with E-state index in [1.165, 1.54) is 0 Å². The number of rotatable bonds is 5. The average Bonchev–Trinajstić information content (AvgIpc) is 2.54. The summed E-state index contributed by atoms with van der Waals surface area (Å²) in [5.74, 6) is 1.35. The second-order valence-corrected chi connectivity index (χ2v) is 5.67. The molecule has 0 radical (unpaired) electrons. The molecular weight excluding hydrogens is 264 g/mol. The maximum absolute atomic E-state index is 12.3. The van der Waals surface area contributed by atoms with Crippen molar-refractivity contribution >= 4 is 11.6 Å². The molecule has 0 saturated carbocycles. The molecule has 1 aliphatic heterocycles. The minimum atomic E-state index is 0.146. The van der Waals surface area contributed by atoms with Gasteiger partial charge in [-0.2, -0.15) is 0 Å². The molecule has 116 valence electrons. The molecule has 1 aromatic carbocycles. The van der Waals surface area contributed by atoms with Gasteiger partial charge in [-0.05, 0) is 18.6 Å². The molecule has 1 aliphatic rings. The molecule has 1 amide bonds. The van der Waals surface area contributed by atoms with E-state index < -0.39 is 0 Å². The third-order valence-electron chi connectivity index (χ3n) is 4.16. The summed E-state index contributed by atoms with van der Waals surface area (Å²) in [6.07, 6.45) is 2.04. The SMILES string of the molecule is CCCC(C)C(=O)N1CCN(c2ccccc2OC)CC1. The summed E-state index contributed by atoms with van der Waals surface area (Å²) in [4.78, 5) is 16.6. The van der Waals surface area contributed by atoms with Crippen molar-refractivity contribution in [2.45, 2.75) is 26.7 Å². The fraction of sp³-hybridized carbons (Fsp3) is 0.588. The molecule has 1 saturated heterocycles. The molecule has 0 spiro atoms. The summed E-state index contributed by atoms with van der Waals surface area (Å²) in [5.41, 5.74) is 1.12. The molecule has 0 N–H and O–H groups in total. The molecule has 4 heteroatoms. The lowest BCUT2D eigenvalue weighted by atomic mass is 10.0. The van der Waals surface area contributed by atoms with Gasteiger partial charge < -0.3 is 14.5 Å². The van der Waals surface area contributed by atoms with Crippen molar-refractivity contribution in [3.05, 3.63) is 24.3 Å². The van der Waals surface area contributed by atoms with Crippen LogP contribution in [0.5, 0.6) is 5.75 Å².